The number of hydrogen-bond acceptors (Lipinski definition) is 9. The Morgan fingerprint density at radius 2 is 1.08 bits per heavy atom. The normalized spacial score (nSPS) is 20.8. The van der Waals surface area contributed by atoms with E-state index in [9.17, 15) is 19.2 Å². The molecule has 4 rings (SSSR count). The summed E-state index contributed by atoms with van der Waals surface area (Å²) in [5.74, 6) is -2.22. The first-order chi connectivity index (χ1) is 18.5. The third kappa shape index (κ3) is 6.98. The Kier molecular flexibility index (Phi) is 9.09. The fourth-order valence-electron chi connectivity index (χ4n) is 3.69. The van der Waals surface area contributed by atoms with Crippen LogP contribution in [0.15, 0.2) is 43.2 Å². The number of aromatic amines is 2. The maximum absolute atomic E-state index is 13.0. The number of nitrogens with zero attached hydrogens (tertiary/aromatic N) is 3. The van der Waals surface area contributed by atoms with Gasteiger partial charge in [-0.1, -0.05) is 6.07 Å². The van der Waals surface area contributed by atoms with Gasteiger partial charge in [0, 0.05) is 39.3 Å². The lowest BCUT2D eigenvalue weighted by Gasteiger charge is -2.18. The Balaban J connectivity index is 1.57. The van der Waals surface area contributed by atoms with E-state index in [0.29, 0.717) is 50.7 Å². The zero-order chi connectivity index (χ0) is 26.7. The van der Waals surface area contributed by atoms with Crippen LogP contribution >= 0.6 is 0 Å². The van der Waals surface area contributed by atoms with E-state index in [1.54, 1.807) is 0 Å². The molecule has 0 aliphatic carbocycles. The Morgan fingerprint density at radius 3 is 1.50 bits per heavy atom. The number of imidazole rings is 2. The van der Waals surface area contributed by atoms with E-state index in [1.165, 1.54) is 43.2 Å². The first-order valence-corrected chi connectivity index (χ1v) is 12.0. The predicted octanol–water partition coefficient (Wildman–Crippen LogP) is -2.10. The van der Waals surface area contributed by atoms with Crippen molar-refractivity contribution >= 4 is 23.6 Å². The van der Waals surface area contributed by atoms with Crippen molar-refractivity contribution in [3.63, 3.8) is 0 Å². The number of carbonyl (C=O) groups is 4. The molecule has 200 valence electrons. The van der Waals surface area contributed by atoms with E-state index in [4.69, 9.17) is 0 Å². The molecule has 3 aromatic heterocycles. The van der Waals surface area contributed by atoms with Gasteiger partial charge in [0.15, 0.2) is 12.1 Å². The summed E-state index contributed by atoms with van der Waals surface area (Å²) in [5.41, 5.74) is 0.592. The number of aromatic nitrogens is 5. The molecule has 0 saturated carbocycles. The quantitative estimate of drug-likeness (QED) is 0.184. The lowest BCUT2D eigenvalue weighted by atomic mass is 10.1. The van der Waals surface area contributed by atoms with Crippen LogP contribution in [-0.2, 0) is 9.59 Å². The largest absolute Gasteiger partial charge is 0.353 e. The van der Waals surface area contributed by atoms with E-state index in [0.717, 1.165) is 0 Å². The highest BCUT2D eigenvalue weighted by Gasteiger charge is 2.27. The minimum absolute atomic E-state index is 0.0869. The average Bonchev–Trinajstić information content (AvgIpc) is 3.65. The van der Waals surface area contributed by atoms with Gasteiger partial charge >= 0.3 is 0 Å². The summed E-state index contributed by atoms with van der Waals surface area (Å²) in [4.78, 5) is 69.6. The molecule has 0 aromatic carbocycles. The zero-order valence-corrected chi connectivity index (χ0v) is 20.4. The van der Waals surface area contributed by atoms with Gasteiger partial charge in [0.25, 0.3) is 11.8 Å². The van der Waals surface area contributed by atoms with Gasteiger partial charge in [-0.25, -0.2) is 15.0 Å². The van der Waals surface area contributed by atoms with Crippen LogP contribution < -0.4 is 31.9 Å². The molecule has 3 aromatic rings. The lowest BCUT2D eigenvalue weighted by Crippen LogP contribution is -2.43. The van der Waals surface area contributed by atoms with E-state index in [-0.39, 0.29) is 11.4 Å². The summed E-state index contributed by atoms with van der Waals surface area (Å²) in [6.07, 6.45) is 5.68. The summed E-state index contributed by atoms with van der Waals surface area (Å²) in [6, 6.07) is 2.20. The van der Waals surface area contributed by atoms with Crippen LogP contribution in [0, 0.1) is 0 Å². The molecule has 8 N–H and O–H groups in total. The minimum Gasteiger partial charge on any atom is -0.353 e. The summed E-state index contributed by atoms with van der Waals surface area (Å²) < 4.78 is 0. The fourth-order valence-corrected chi connectivity index (χ4v) is 3.69. The second-order valence-corrected chi connectivity index (χ2v) is 8.32. The molecule has 4 heterocycles. The monoisotopic (exact) mass is 523 g/mol. The van der Waals surface area contributed by atoms with Crippen molar-refractivity contribution in [1.82, 2.24) is 56.8 Å². The Bertz CT molecular complexity index is 1140. The molecule has 2 bridgehead atoms. The number of carbonyl (C=O) groups excluding carboxylic acids is 4. The number of H-pyrrole nitrogens is 2. The number of amides is 4. The Hall–Kier alpha value is -4.63. The maximum Gasteiger partial charge on any atom is 0.270 e. The molecular formula is C23H29N11O4. The molecule has 4 amide bonds. The predicted molar refractivity (Wildman–Crippen MR) is 134 cm³/mol. The van der Waals surface area contributed by atoms with E-state index in [2.05, 4.69) is 56.8 Å². The molecule has 0 unspecified atom stereocenters. The molecule has 0 spiro atoms. The minimum atomic E-state index is -1.06. The van der Waals surface area contributed by atoms with Crippen molar-refractivity contribution in [2.45, 2.75) is 12.1 Å². The van der Waals surface area contributed by atoms with Crippen molar-refractivity contribution in [2.24, 2.45) is 0 Å². The van der Waals surface area contributed by atoms with Gasteiger partial charge in [0.1, 0.15) is 11.4 Å². The van der Waals surface area contributed by atoms with Crippen LogP contribution in [-0.4, -0.2) is 87.8 Å². The topological polar surface area (TPSA) is 211 Å². The second-order valence-electron chi connectivity index (χ2n) is 8.32. The SMILES string of the molecule is O=C1N[C@@H](c2cnc[nH]2)C(=O)NCCNCCNCCNC(=O)[C@H](c2cnc[nH]2)NC(=O)c2cccc1n2. The molecule has 0 fully saturated rings. The van der Waals surface area contributed by atoms with Gasteiger partial charge < -0.3 is 41.9 Å². The van der Waals surface area contributed by atoms with Crippen LogP contribution in [0.4, 0.5) is 0 Å². The highest BCUT2D eigenvalue weighted by atomic mass is 16.2. The first-order valence-electron chi connectivity index (χ1n) is 12.0. The zero-order valence-electron chi connectivity index (χ0n) is 20.4. The van der Waals surface area contributed by atoms with Gasteiger partial charge in [0.2, 0.25) is 11.8 Å². The Labute approximate surface area is 217 Å². The number of hydrogen-bond donors (Lipinski definition) is 8. The van der Waals surface area contributed by atoms with Crippen LogP contribution in [0.1, 0.15) is 44.4 Å². The number of nitrogens with one attached hydrogen (secondary N) is 8. The molecule has 38 heavy (non-hydrogen) atoms. The average molecular weight is 524 g/mol. The van der Waals surface area contributed by atoms with Crippen LogP contribution in [0.25, 0.3) is 0 Å². The van der Waals surface area contributed by atoms with Crippen LogP contribution in [0.5, 0.6) is 0 Å². The van der Waals surface area contributed by atoms with Crippen molar-refractivity contribution in [2.75, 3.05) is 39.3 Å². The van der Waals surface area contributed by atoms with Crippen LogP contribution in [0.2, 0.25) is 0 Å². The fraction of sp³-hybridized carbons (Fsp3) is 0.348. The molecule has 15 heteroatoms. The van der Waals surface area contributed by atoms with Gasteiger partial charge in [-0.15, -0.1) is 0 Å². The molecule has 0 saturated heterocycles. The standard InChI is InChI=1S/C23H29N11O4/c35-20-14-2-1-3-15(32-14)21(36)34-19(17-11-27-13-31-17)23(38)29-9-7-25-5-4-24-6-8-28-22(37)18(33-20)16-10-26-12-30-16/h1-3,10-13,18-19,24-25H,4-9H2,(H,26,30)(H,27,31)(H,28,37)(H,29,38)(H,33,35)(H,34,36)/t18-,19-/m0/s1. The molecule has 1 aliphatic heterocycles. The van der Waals surface area contributed by atoms with Gasteiger partial charge in [0.05, 0.1) is 36.4 Å². The van der Waals surface area contributed by atoms with Crippen molar-refractivity contribution < 1.29 is 19.2 Å². The number of pyridine rings is 1. The third-order valence-electron chi connectivity index (χ3n) is 5.63. The third-order valence-corrected chi connectivity index (χ3v) is 5.63. The van der Waals surface area contributed by atoms with E-state index < -0.39 is 35.7 Å². The van der Waals surface area contributed by atoms with E-state index >= 15 is 0 Å². The van der Waals surface area contributed by atoms with Gasteiger partial charge in [-0.3, -0.25) is 19.2 Å². The van der Waals surface area contributed by atoms with Crippen LogP contribution in [0.3, 0.4) is 0 Å². The molecule has 15 nitrogen and oxygen atoms in total. The smallest absolute Gasteiger partial charge is 0.270 e. The second kappa shape index (κ2) is 13.1. The summed E-state index contributed by atoms with van der Waals surface area (Å²) in [5, 5.41) is 17.2. The molecule has 1 aliphatic rings. The lowest BCUT2D eigenvalue weighted by molar-refractivity contribution is -0.123. The maximum atomic E-state index is 13.0. The summed E-state index contributed by atoms with van der Waals surface area (Å²) in [7, 11) is 0. The van der Waals surface area contributed by atoms with Crippen molar-refractivity contribution in [3.05, 3.63) is 66.0 Å². The van der Waals surface area contributed by atoms with Crippen molar-refractivity contribution in [3.8, 4) is 0 Å². The van der Waals surface area contributed by atoms with Gasteiger partial charge in [-0.2, -0.15) is 0 Å². The summed E-state index contributed by atoms with van der Waals surface area (Å²) >= 11 is 0. The molecule has 2 atom stereocenters. The highest BCUT2D eigenvalue weighted by molar-refractivity contribution is 5.99. The summed E-state index contributed by atoms with van der Waals surface area (Å²) in [6.45, 7) is 2.96. The molecule has 0 radical (unpaired) electrons. The molecular weight excluding hydrogens is 494 g/mol. The number of fused-ring (bicyclic) bond motifs is 2. The van der Waals surface area contributed by atoms with Crippen molar-refractivity contribution in [1.29, 1.82) is 0 Å². The van der Waals surface area contributed by atoms with Gasteiger partial charge in [-0.05, 0) is 12.1 Å². The number of rotatable bonds is 2. The highest BCUT2D eigenvalue weighted by Crippen LogP contribution is 2.13. The first kappa shape index (κ1) is 26.4. The Morgan fingerprint density at radius 1 is 0.632 bits per heavy atom. The van der Waals surface area contributed by atoms with E-state index in [1.807, 2.05) is 0 Å².